The monoisotopic (exact) mass is 359 g/mol. The maximum Gasteiger partial charge on any atom is 0.323 e. The number of nitrogens with two attached hydrogens (primary N) is 1. The highest BCUT2D eigenvalue weighted by atomic mass is 16.2. The van der Waals surface area contributed by atoms with E-state index in [4.69, 9.17) is 5.73 Å². The summed E-state index contributed by atoms with van der Waals surface area (Å²) in [5, 5.41) is 3.03. The quantitative estimate of drug-likeness (QED) is 0.637. The molecule has 2 amide bonds. The molecule has 2 aromatic rings. The number of rotatable bonds is 4. The molecule has 5 N–H and O–H groups in total. The Kier molecular flexibility index (Phi) is 5.13. The van der Waals surface area contributed by atoms with Crippen molar-refractivity contribution in [2.24, 2.45) is 11.7 Å². The molecule has 1 aliphatic heterocycles. The first-order chi connectivity index (χ1) is 12.3. The first-order valence-corrected chi connectivity index (χ1v) is 8.92. The number of fused-ring (bicyclic) bond motifs is 1. The Morgan fingerprint density at radius 2 is 1.85 bits per heavy atom. The van der Waals surface area contributed by atoms with Crippen molar-refractivity contribution in [1.29, 1.82) is 0 Å². The summed E-state index contributed by atoms with van der Waals surface area (Å²) < 4.78 is 0. The molecule has 0 saturated carbocycles. The van der Waals surface area contributed by atoms with Crippen LogP contribution in [0.5, 0.6) is 0 Å². The van der Waals surface area contributed by atoms with E-state index in [0.29, 0.717) is 35.6 Å². The van der Waals surface area contributed by atoms with Crippen LogP contribution in [-0.4, -0.2) is 51.9 Å². The maximum absolute atomic E-state index is 12.5. The predicted molar refractivity (Wildman–Crippen MR) is 98.8 cm³/mol. The molecule has 2 atom stereocenters. The molecule has 0 bridgehead atoms. The van der Waals surface area contributed by atoms with Crippen molar-refractivity contribution in [1.82, 2.24) is 20.2 Å². The van der Waals surface area contributed by atoms with Crippen LogP contribution in [0.4, 0.5) is 0 Å². The van der Waals surface area contributed by atoms with Crippen molar-refractivity contribution in [3.63, 3.8) is 0 Å². The summed E-state index contributed by atoms with van der Waals surface area (Å²) in [7, 11) is 0. The zero-order chi connectivity index (χ0) is 18.8. The Morgan fingerprint density at radius 1 is 1.19 bits per heavy atom. The fourth-order valence-corrected chi connectivity index (χ4v) is 3.49. The first-order valence-electron chi connectivity index (χ1n) is 8.92. The second-order valence-electron chi connectivity index (χ2n) is 7.05. The van der Waals surface area contributed by atoms with E-state index in [-0.39, 0.29) is 23.5 Å². The molecular weight excluding hydrogens is 334 g/mol. The Hall–Kier alpha value is -2.61. The van der Waals surface area contributed by atoms with Gasteiger partial charge in [-0.05, 0) is 50.8 Å². The molecule has 8 nitrogen and oxygen atoms in total. The number of carbonyl (C=O) groups is 2. The number of aromatic amines is 2. The molecule has 1 saturated heterocycles. The van der Waals surface area contributed by atoms with Crippen LogP contribution >= 0.6 is 0 Å². The van der Waals surface area contributed by atoms with Gasteiger partial charge in [-0.2, -0.15) is 0 Å². The minimum atomic E-state index is -0.474. The van der Waals surface area contributed by atoms with E-state index in [1.807, 2.05) is 6.92 Å². The average Bonchev–Trinajstić information content (AvgIpc) is 3.00. The summed E-state index contributed by atoms with van der Waals surface area (Å²) in [4.78, 5) is 42.9. The van der Waals surface area contributed by atoms with Crippen molar-refractivity contribution in [2.75, 3.05) is 13.1 Å². The molecule has 3 rings (SSSR count). The smallest absolute Gasteiger partial charge is 0.323 e. The molecule has 1 aliphatic rings. The minimum absolute atomic E-state index is 0.00368. The van der Waals surface area contributed by atoms with Gasteiger partial charge in [-0.1, -0.05) is 0 Å². The molecule has 2 heterocycles. The number of piperidine rings is 1. The van der Waals surface area contributed by atoms with E-state index < -0.39 is 6.04 Å². The third-order valence-corrected chi connectivity index (χ3v) is 5.08. The fourth-order valence-electron chi connectivity index (χ4n) is 3.49. The number of hydrogen-bond acceptors (Lipinski definition) is 4. The van der Waals surface area contributed by atoms with Gasteiger partial charge in [0.1, 0.15) is 0 Å². The van der Waals surface area contributed by atoms with E-state index in [1.54, 1.807) is 30.0 Å². The van der Waals surface area contributed by atoms with Gasteiger partial charge in [0.2, 0.25) is 5.91 Å². The summed E-state index contributed by atoms with van der Waals surface area (Å²) >= 11 is 0. The predicted octanol–water partition coefficient (Wildman–Crippen LogP) is 0.560. The highest BCUT2D eigenvalue weighted by molar-refractivity contribution is 5.97. The Morgan fingerprint density at radius 3 is 2.50 bits per heavy atom. The van der Waals surface area contributed by atoms with Crippen molar-refractivity contribution in [3.8, 4) is 0 Å². The number of hydrogen-bond donors (Lipinski definition) is 4. The molecule has 0 aliphatic carbocycles. The van der Waals surface area contributed by atoms with Gasteiger partial charge in [0, 0.05) is 24.7 Å². The first kappa shape index (κ1) is 18.2. The number of imidazole rings is 1. The number of likely N-dealkylation sites (tertiary alicyclic amines) is 1. The minimum Gasteiger partial charge on any atom is -0.349 e. The molecule has 1 fully saturated rings. The second kappa shape index (κ2) is 7.33. The molecule has 1 aromatic heterocycles. The molecule has 0 radical (unpaired) electrons. The maximum atomic E-state index is 12.5. The lowest BCUT2D eigenvalue weighted by atomic mass is 9.90. The van der Waals surface area contributed by atoms with Gasteiger partial charge in [0.05, 0.1) is 17.1 Å². The van der Waals surface area contributed by atoms with Gasteiger partial charge in [-0.15, -0.1) is 0 Å². The highest BCUT2D eigenvalue weighted by Gasteiger charge is 2.28. The van der Waals surface area contributed by atoms with Crippen LogP contribution in [-0.2, 0) is 4.79 Å². The van der Waals surface area contributed by atoms with Gasteiger partial charge in [-0.25, -0.2) is 4.79 Å². The highest BCUT2D eigenvalue weighted by Crippen LogP contribution is 2.21. The van der Waals surface area contributed by atoms with Crippen LogP contribution in [0.2, 0.25) is 0 Å². The normalized spacial score (nSPS) is 17.9. The van der Waals surface area contributed by atoms with E-state index in [1.165, 1.54) is 0 Å². The topological polar surface area (TPSA) is 124 Å². The van der Waals surface area contributed by atoms with E-state index >= 15 is 0 Å². The average molecular weight is 359 g/mol. The van der Waals surface area contributed by atoms with Crippen LogP contribution in [0.1, 0.15) is 37.0 Å². The van der Waals surface area contributed by atoms with Gasteiger partial charge in [-0.3, -0.25) is 9.59 Å². The van der Waals surface area contributed by atoms with Crippen LogP contribution in [0.25, 0.3) is 11.0 Å². The molecule has 1 unspecified atom stereocenters. The number of nitrogens with zero attached hydrogens (tertiary/aromatic N) is 1. The third-order valence-electron chi connectivity index (χ3n) is 5.08. The van der Waals surface area contributed by atoms with E-state index in [2.05, 4.69) is 15.3 Å². The second-order valence-corrected chi connectivity index (χ2v) is 7.05. The Bertz CT molecular complexity index is 861. The van der Waals surface area contributed by atoms with Gasteiger partial charge < -0.3 is 25.9 Å². The zero-order valence-corrected chi connectivity index (χ0v) is 15.0. The fraction of sp³-hybridized carbons (Fsp3) is 0.500. The van der Waals surface area contributed by atoms with Crippen molar-refractivity contribution >= 4 is 22.8 Å². The summed E-state index contributed by atoms with van der Waals surface area (Å²) in [5.41, 5.74) is 7.15. The number of carbonyl (C=O) groups excluding carboxylic acids is 2. The molecule has 1 aromatic carbocycles. The van der Waals surface area contributed by atoms with Crippen molar-refractivity contribution < 1.29 is 9.59 Å². The Labute approximate surface area is 151 Å². The molecule has 0 spiro atoms. The van der Waals surface area contributed by atoms with Crippen molar-refractivity contribution in [3.05, 3.63) is 34.2 Å². The summed E-state index contributed by atoms with van der Waals surface area (Å²) in [6, 6.07) is 4.59. The molecular formula is C18H25N5O3. The summed E-state index contributed by atoms with van der Waals surface area (Å²) in [5.74, 6) is 0.122. The van der Waals surface area contributed by atoms with Crippen LogP contribution in [0, 0.1) is 5.92 Å². The van der Waals surface area contributed by atoms with Gasteiger partial charge in [0.25, 0.3) is 5.91 Å². The lowest BCUT2D eigenvalue weighted by Crippen LogP contribution is -2.49. The number of nitrogens with one attached hydrogen (secondary N) is 3. The Balaban J connectivity index is 1.59. The largest absolute Gasteiger partial charge is 0.349 e. The van der Waals surface area contributed by atoms with Crippen LogP contribution < -0.4 is 16.7 Å². The third kappa shape index (κ3) is 3.80. The van der Waals surface area contributed by atoms with E-state index in [0.717, 1.165) is 12.8 Å². The van der Waals surface area contributed by atoms with E-state index in [9.17, 15) is 14.4 Å². The van der Waals surface area contributed by atoms with Crippen molar-refractivity contribution in [2.45, 2.75) is 38.8 Å². The number of amides is 2. The lowest BCUT2D eigenvalue weighted by molar-refractivity contribution is -0.133. The van der Waals surface area contributed by atoms with Gasteiger partial charge >= 0.3 is 5.69 Å². The standard InChI is InChI=1S/C18H25N5O3/c1-10(19)17(25)23-7-5-12(6-8-23)11(2)20-16(24)13-3-4-14-15(9-13)22-18(26)21-14/h3-4,9-12H,5-8,19H2,1-2H3,(H,20,24)(H2,21,22,26)/t10-,11?/m0/s1. The van der Waals surface area contributed by atoms with Crippen LogP contribution in [0.15, 0.2) is 23.0 Å². The summed E-state index contributed by atoms with van der Waals surface area (Å²) in [6.07, 6.45) is 1.67. The number of benzene rings is 1. The summed E-state index contributed by atoms with van der Waals surface area (Å²) in [6.45, 7) is 5.03. The zero-order valence-electron chi connectivity index (χ0n) is 15.0. The molecule has 8 heteroatoms. The molecule has 140 valence electrons. The van der Waals surface area contributed by atoms with Gasteiger partial charge in [0.15, 0.2) is 0 Å². The SMILES string of the molecule is CC(NC(=O)c1ccc2[nH]c(=O)[nH]c2c1)C1CCN(C(=O)[C@H](C)N)CC1. The number of aromatic nitrogens is 2. The lowest BCUT2D eigenvalue weighted by Gasteiger charge is -2.35. The number of H-pyrrole nitrogens is 2. The molecule has 26 heavy (non-hydrogen) atoms. The van der Waals surface area contributed by atoms with Crippen LogP contribution in [0.3, 0.4) is 0 Å².